The van der Waals surface area contributed by atoms with Gasteiger partial charge < -0.3 is 24.4 Å². The van der Waals surface area contributed by atoms with Gasteiger partial charge in [0.2, 0.25) is 0 Å². The van der Waals surface area contributed by atoms with Gasteiger partial charge in [-0.05, 0) is 76.6 Å². The molecule has 1 fully saturated rings. The number of amides is 1. The molecule has 0 bridgehead atoms. The molecule has 2 aromatic rings. The van der Waals surface area contributed by atoms with Crippen molar-refractivity contribution < 1.29 is 41.8 Å². The van der Waals surface area contributed by atoms with Crippen LogP contribution >= 0.6 is 23.2 Å². The first kappa shape index (κ1) is 34.6. The van der Waals surface area contributed by atoms with Crippen molar-refractivity contribution in [2.24, 2.45) is 0 Å². The number of nitrogens with one attached hydrogen (secondary N) is 1. The van der Waals surface area contributed by atoms with Crippen LogP contribution in [0, 0.1) is 0 Å². The highest BCUT2D eigenvalue weighted by Gasteiger charge is 2.31. The lowest BCUT2D eigenvalue weighted by Gasteiger charge is -2.37. The van der Waals surface area contributed by atoms with Crippen LogP contribution in [0.25, 0.3) is 0 Å². The summed E-state index contributed by atoms with van der Waals surface area (Å²) in [5.74, 6) is -0.154. The number of nitrogens with zero attached hydrogens (tertiary/aromatic N) is 2. The third-order valence-corrected chi connectivity index (χ3v) is 7.00. The molecule has 0 atom stereocenters. The number of piperidine rings is 1. The number of anilines is 1. The van der Waals surface area contributed by atoms with Gasteiger partial charge in [0.15, 0.2) is 6.61 Å². The summed E-state index contributed by atoms with van der Waals surface area (Å²) in [6, 6.07) is 7.70. The van der Waals surface area contributed by atoms with Gasteiger partial charge in [-0.1, -0.05) is 30.1 Å². The van der Waals surface area contributed by atoms with Crippen LogP contribution in [0.5, 0.6) is 11.5 Å². The summed E-state index contributed by atoms with van der Waals surface area (Å²) in [6.07, 6.45) is -3.60. The fourth-order valence-corrected chi connectivity index (χ4v) is 4.84. The van der Waals surface area contributed by atoms with Gasteiger partial charge >= 0.3 is 12.3 Å². The lowest BCUT2D eigenvalue weighted by molar-refractivity contribution is -0.157. The third kappa shape index (κ3) is 11.3. The number of hydrogen-bond donors (Lipinski definition) is 1. The van der Waals surface area contributed by atoms with Crippen LogP contribution in [-0.2, 0) is 20.5 Å². The Balaban J connectivity index is 1.41. The third-order valence-electron chi connectivity index (χ3n) is 6.41. The summed E-state index contributed by atoms with van der Waals surface area (Å²) in [7, 11) is 0. The Labute approximate surface area is 259 Å². The van der Waals surface area contributed by atoms with Crippen molar-refractivity contribution in [2.75, 3.05) is 44.7 Å². The normalized spacial score (nSPS) is 14.8. The molecule has 1 aliphatic heterocycles. The van der Waals surface area contributed by atoms with Gasteiger partial charge in [0.25, 0.3) is 5.91 Å². The zero-order chi connectivity index (χ0) is 31.8. The van der Waals surface area contributed by atoms with Crippen LogP contribution < -0.4 is 14.8 Å². The van der Waals surface area contributed by atoms with E-state index >= 15 is 0 Å². The van der Waals surface area contributed by atoms with Crippen molar-refractivity contribution in [3.63, 3.8) is 0 Å². The lowest BCUT2D eigenvalue weighted by atomic mass is 10.0. The predicted octanol–water partition coefficient (Wildman–Crippen LogP) is 7.06. The topological polar surface area (TPSA) is 89.6 Å². The highest BCUT2D eigenvalue weighted by atomic mass is 35.5. The summed E-state index contributed by atoms with van der Waals surface area (Å²) in [6.45, 7) is 10.0. The smallest absolute Gasteiger partial charge is 0.491 e. The van der Waals surface area contributed by atoms with E-state index in [1.54, 1.807) is 38.0 Å². The molecule has 3 rings (SSSR count). The Morgan fingerprint density at radius 1 is 1.00 bits per heavy atom. The average molecular weight is 651 g/mol. The maximum atomic E-state index is 12.8. The molecule has 0 unspecified atom stereocenters. The summed E-state index contributed by atoms with van der Waals surface area (Å²) < 4.78 is 54.7. The summed E-state index contributed by atoms with van der Waals surface area (Å²) in [5, 5.41) is 4.27. The fourth-order valence-electron chi connectivity index (χ4n) is 4.37. The number of hydrogen-bond acceptors (Lipinski definition) is 8. The second-order valence-corrected chi connectivity index (χ2v) is 11.6. The molecular formula is C29H36Cl2F3N3O6. The van der Waals surface area contributed by atoms with Crippen LogP contribution in [-0.4, -0.2) is 73.1 Å². The molecule has 1 heterocycles. The predicted molar refractivity (Wildman–Crippen MR) is 157 cm³/mol. The molecule has 14 heteroatoms. The maximum absolute atomic E-state index is 12.8. The molecular weight excluding hydrogens is 614 g/mol. The van der Waals surface area contributed by atoms with Gasteiger partial charge in [-0.3, -0.25) is 9.69 Å². The van der Waals surface area contributed by atoms with E-state index in [1.807, 2.05) is 0 Å². The van der Waals surface area contributed by atoms with Crippen molar-refractivity contribution in [3.8, 4) is 11.5 Å². The Kier molecular flexibility index (Phi) is 12.2. The van der Waals surface area contributed by atoms with Crippen molar-refractivity contribution >= 4 is 41.0 Å². The molecule has 0 spiro atoms. The Hall–Kier alpha value is -2.93. The molecule has 1 saturated heterocycles. The van der Waals surface area contributed by atoms with E-state index in [2.05, 4.69) is 17.1 Å². The van der Waals surface area contributed by atoms with Crippen molar-refractivity contribution in [1.29, 1.82) is 0 Å². The van der Waals surface area contributed by atoms with Crippen LogP contribution in [0.3, 0.4) is 0 Å². The second kappa shape index (κ2) is 15.2. The molecule has 43 heavy (non-hydrogen) atoms. The summed E-state index contributed by atoms with van der Waals surface area (Å²) >= 11 is 12.2. The monoisotopic (exact) mass is 649 g/mol. The largest absolute Gasteiger partial charge is 0.528 e. The number of carbonyl (C=O) groups is 2. The number of rotatable bonds is 11. The molecule has 0 radical (unpaired) electrons. The number of hydroxylamine groups is 2. The number of benzene rings is 2. The van der Waals surface area contributed by atoms with E-state index in [0.717, 1.165) is 37.6 Å². The molecule has 0 aliphatic carbocycles. The first-order valence-electron chi connectivity index (χ1n) is 13.8. The zero-order valence-corrected chi connectivity index (χ0v) is 25.9. The SMILES string of the molecule is CCN(CCOc1ccc(NC(=O)COc2ccc(C(F)(F)F)cc2Cl)cc1Cl)C1CCN(OC(=O)OC(C)(C)C)CC1. The van der Waals surface area contributed by atoms with Gasteiger partial charge in [0.05, 0.1) is 15.6 Å². The minimum atomic E-state index is -4.54. The van der Waals surface area contributed by atoms with Crippen LogP contribution in [0.4, 0.5) is 23.7 Å². The van der Waals surface area contributed by atoms with Gasteiger partial charge in [-0.2, -0.15) is 13.2 Å². The fraction of sp³-hybridized carbons (Fsp3) is 0.517. The molecule has 2 aromatic carbocycles. The first-order valence-corrected chi connectivity index (χ1v) is 14.5. The van der Waals surface area contributed by atoms with Crippen molar-refractivity contribution in [3.05, 3.63) is 52.0 Å². The van der Waals surface area contributed by atoms with Gasteiger partial charge in [-0.25, -0.2) is 4.79 Å². The summed E-state index contributed by atoms with van der Waals surface area (Å²) in [5.41, 5.74) is -1.14. The number of halogens is 5. The molecule has 1 N–H and O–H groups in total. The van der Waals surface area contributed by atoms with E-state index in [9.17, 15) is 22.8 Å². The van der Waals surface area contributed by atoms with E-state index in [-0.39, 0.29) is 10.8 Å². The van der Waals surface area contributed by atoms with Crippen molar-refractivity contribution in [2.45, 2.75) is 58.4 Å². The number of likely N-dealkylation sites (N-methyl/N-ethyl adjacent to an activating group) is 1. The Morgan fingerprint density at radius 2 is 1.63 bits per heavy atom. The van der Waals surface area contributed by atoms with Crippen molar-refractivity contribution in [1.82, 2.24) is 9.96 Å². The van der Waals surface area contributed by atoms with Crippen LogP contribution in [0.2, 0.25) is 10.0 Å². The molecule has 9 nitrogen and oxygen atoms in total. The van der Waals surface area contributed by atoms with E-state index in [0.29, 0.717) is 48.7 Å². The summed E-state index contributed by atoms with van der Waals surface area (Å²) in [4.78, 5) is 31.8. The molecule has 1 amide bonds. The minimum absolute atomic E-state index is 0.0487. The Bertz CT molecular complexity index is 1250. The van der Waals surface area contributed by atoms with Gasteiger partial charge in [0, 0.05) is 31.4 Å². The highest BCUT2D eigenvalue weighted by molar-refractivity contribution is 6.32. The quantitative estimate of drug-likeness (QED) is 0.259. The number of alkyl halides is 3. The molecule has 1 aliphatic rings. The zero-order valence-electron chi connectivity index (χ0n) is 24.4. The average Bonchev–Trinajstić information content (AvgIpc) is 2.90. The van der Waals surface area contributed by atoms with Gasteiger partial charge in [-0.15, -0.1) is 5.06 Å². The van der Waals surface area contributed by atoms with Gasteiger partial charge in [0.1, 0.15) is 23.7 Å². The molecule has 238 valence electrons. The standard InChI is InChI=1S/C29H36Cl2F3N3O6/c1-5-36(21-10-12-37(13-11-21)43-27(39)42-28(2,3)4)14-15-40-24-9-7-20(17-23(24)31)35-26(38)18-41-25-8-6-19(16-22(25)30)29(32,33)34/h6-9,16-17,21H,5,10-15,18H2,1-4H3,(H,35,38). The van der Waals surface area contributed by atoms with Crippen LogP contribution in [0.15, 0.2) is 36.4 Å². The molecule has 0 aromatic heterocycles. The number of ether oxygens (including phenoxy) is 3. The van der Waals surface area contributed by atoms with E-state index in [1.165, 1.54) is 6.07 Å². The number of carbonyl (C=O) groups excluding carboxylic acids is 2. The second-order valence-electron chi connectivity index (χ2n) is 10.8. The Morgan fingerprint density at radius 3 is 2.21 bits per heavy atom. The first-order chi connectivity index (χ1) is 20.1. The van der Waals surface area contributed by atoms with E-state index in [4.69, 9.17) is 42.3 Å². The van der Waals surface area contributed by atoms with Crippen LogP contribution in [0.1, 0.15) is 46.1 Å². The minimum Gasteiger partial charge on any atom is -0.491 e. The lowest BCUT2D eigenvalue weighted by Crippen LogP contribution is -2.46. The maximum Gasteiger partial charge on any atom is 0.528 e. The molecule has 0 saturated carbocycles. The highest BCUT2D eigenvalue weighted by Crippen LogP contribution is 2.35. The van der Waals surface area contributed by atoms with E-state index < -0.39 is 36.0 Å².